The molecule has 0 saturated carbocycles. The lowest BCUT2D eigenvalue weighted by atomic mass is 10.2. The van der Waals surface area contributed by atoms with Crippen LogP contribution in [-0.4, -0.2) is 42.1 Å². The van der Waals surface area contributed by atoms with Crippen molar-refractivity contribution in [3.8, 4) is 0 Å². The van der Waals surface area contributed by atoms with Gasteiger partial charge >= 0.3 is 0 Å². The normalized spacial score (nSPS) is 13.1. The molecule has 0 aliphatic carbocycles. The topological polar surface area (TPSA) is 41.1 Å². The average molecular weight is 208 g/mol. The highest BCUT2D eigenvalue weighted by Gasteiger charge is 2.09. The van der Waals surface area contributed by atoms with Crippen LogP contribution >= 0.6 is 0 Å². The Balaban J connectivity index is 2.47. The monoisotopic (exact) mass is 208 g/mol. The molecule has 0 aromatic carbocycles. The van der Waals surface area contributed by atoms with E-state index < -0.39 is 0 Å². The van der Waals surface area contributed by atoms with Crippen molar-refractivity contribution in [2.75, 3.05) is 27.2 Å². The van der Waals surface area contributed by atoms with Crippen molar-refractivity contribution >= 4 is 0 Å². The highest BCUT2D eigenvalue weighted by molar-refractivity contribution is 5.12. The SMILES string of the molecule is Cc1nccnc1C(C)NCCN(C)C. The van der Waals surface area contributed by atoms with Gasteiger partial charge in [0.1, 0.15) is 0 Å². The van der Waals surface area contributed by atoms with Gasteiger partial charge in [0.05, 0.1) is 11.4 Å². The van der Waals surface area contributed by atoms with Gasteiger partial charge < -0.3 is 10.2 Å². The number of aromatic nitrogens is 2. The van der Waals surface area contributed by atoms with E-state index in [-0.39, 0.29) is 6.04 Å². The Morgan fingerprint density at radius 3 is 2.60 bits per heavy atom. The molecular weight excluding hydrogens is 188 g/mol. The Bertz CT molecular complexity index is 298. The summed E-state index contributed by atoms with van der Waals surface area (Å²) in [7, 11) is 4.14. The van der Waals surface area contributed by atoms with E-state index in [1.807, 2.05) is 6.92 Å². The lowest BCUT2D eigenvalue weighted by molar-refractivity contribution is 0.387. The third-order valence-corrected chi connectivity index (χ3v) is 2.34. The minimum atomic E-state index is 0.263. The van der Waals surface area contributed by atoms with Crippen LogP contribution in [0.5, 0.6) is 0 Å². The van der Waals surface area contributed by atoms with Gasteiger partial charge in [0, 0.05) is 31.5 Å². The zero-order valence-electron chi connectivity index (χ0n) is 9.99. The second-order valence-electron chi connectivity index (χ2n) is 4.01. The molecule has 1 N–H and O–H groups in total. The van der Waals surface area contributed by atoms with Gasteiger partial charge in [-0.25, -0.2) is 0 Å². The van der Waals surface area contributed by atoms with Crippen molar-refractivity contribution in [3.63, 3.8) is 0 Å². The second-order valence-corrected chi connectivity index (χ2v) is 4.01. The third kappa shape index (κ3) is 3.93. The number of likely N-dealkylation sites (N-methyl/N-ethyl adjacent to an activating group) is 1. The summed E-state index contributed by atoms with van der Waals surface area (Å²) in [6.45, 7) is 6.10. The quantitative estimate of drug-likeness (QED) is 0.783. The molecule has 0 saturated heterocycles. The van der Waals surface area contributed by atoms with Gasteiger partial charge in [0.2, 0.25) is 0 Å². The number of aryl methyl sites for hydroxylation is 1. The molecule has 0 radical (unpaired) electrons. The number of rotatable bonds is 5. The van der Waals surface area contributed by atoms with E-state index in [9.17, 15) is 0 Å². The summed E-state index contributed by atoms with van der Waals surface area (Å²) in [5.74, 6) is 0. The Kier molecular flexibility index (Phi) is 4.65. The van der Waals surface area contributed by atoms with Gasteiger partial charge in [-0.2, -0.15) is 0 Å². The van der Waals surface area contributed by atoms with Crippen molar-refractivity contribution < 1.29 is 0 Å². The molecule has 1 atom stereocenters. The van der Waals surface area contributed by atoms with E-state index in [2.05, 4.69) is 41.2 Å². The summed E-state index contributed by atoms with van der Waals surface area (Å²) < 4.78 is 0. The zero-order chi connectivity index (χ0) is 11.3. The molecule has 0 bridgehead atoms. The molecule has 0 aliphatic rings. The third-order valence-electron chi connectivity index (χ3n) is 2.34. The predicted octanol–water partition coefficient (Wildman–Crippen LogP) is 0.997. The van der Waals surface area contributed by atoms with E-state index in [1.165, 1.54) is 0 Å². The number of nitrogens with zero attached hydrogens (tertiary/aromatic N) is 3. The summed E-state index contributed by atoms with van der Waals surface area (Å²) in [5, 5.41) is 3.43. The molecule has 1 aromatic heterocycles. The van der Waals surface area contributed by atoms with Gasteiger partial charge in [0.15, 0.2) is 0 Å². The predicted molar refractivity (Wildman–Crippen MR) is 61.7 cm³/mol. The minimum Gasteiger partial charge on any atom is -0.308 e. The maximum absolute atomic E-state index is 4.34. The molecule has 4 nitrogen and oxygen atoms in total. The maximum Gasteiger partial charge on any atom is 0.0782 e. The van der Waals surface area contributed by atoms with Crippen LogP contribution in [0.2, 0.25) is 0 Å². The van der Waals surface area contributed by atoms with Crippen LogP contribution in [0.15, 0.2) is 12.4 Å². The first kappa shape index (κ1) is 12.1. The van der Waals surface area contributed by atoms with E-state index in [0.29, 0.717) is 0 Å². The second kappa shape index (κ2) is 5.78. The number of hydrogen-bond donors (Lipinski definition) is 1. The molecule has 1 aromatic rings. The van der Waals surface area contributed by atoms with Crippen LogP contribution in [0.1, 0.15) is 24.4 Å². The Hall–Kier alpha value is -1.00. The minimum absolute atomic E-state index is 0.263. The number of hydrogen-bond acceptors (Lipinski definition) is 4. The fourth-order valence-electron chi connectivity index (χ4n) is 1.44. The Morgan fingerprint density at radius 2 is 2.00 bits per heavy atom. The van der Waals surface area contributed by atoms with Crippen LogP contribution in [0.25, 0.3) is 0 Å². The van der Waals surface area contributed by atoms with Crippen LogP contribution in [-0.2, 0) is 0 Å². The summed E-state index contributed by atoms with van der Waals surface area (Å²) in [6, 6.07) is 0.263. The van der Waals surface area contributed by atoms with Crippen LogP contribution < -0.4 is 5.32 Å². The first-order valence-corrected chi connectivity index (χ1v) is 5.27. The molecule has 1 unspecified atom stereocenters. The van der Waals surface area contributed by atoms with E-state index in [1.54, 1.807) is 12.4 Å². The van der Waals surface area contributed by atoms with Crippen LogP contribution in [0, 0.1) is 6.92 Å². The smallest absolute Gasteiger partial charge is 0.0782 e. The van der Waals surface area contributed by atoms with Gasteiger partial charge in [-0.05, 0) is 27.9 Å². The average Bonchev–Trinajstić information content (AvgIpc) is 2.17. The van der Waals surface area contributed by atoms with E-state index in [4.69, 9.17) is 0 Å². The number of nitrogens with one attached hydrogen (secondary N) is 1. The molecule has 0 fully saturated rings. The molecule has 4 heteroatoms. The zero-order valence-corrected chi connectivity index (χ0v) is 9.99. The molecule has 0 aliphatic heterocycles. The lowest BCUT2D eigenvalue weighted by Gasteiger charge is -2.16. The molecule has 1 heterocycles. The molecule has 84 valence electrons. The first-order valence-electron chi connectivity index (χ1n) is 5.27. The molecule has 1 rings (SSSR count). The maximum atomic E-state index is 4.34. The molecular formula is C11H20N4. The Morgan fingerprint density at radius 1 is 1.33 bits per heavy atom. The fraction of sp³-hybridized carbons (Fsp3) is 0.636. The first-order chi connectivity index (χ1) is 7.11. The van der Waals surface area contributed by atoms with Crippen LogP contribution in [0.4, 0.5) is 0 Å². The van der Waals surface area contributed by atoms with E-state index in [0.717, 1.165) is 24.5 Å². The summed E-state index contributed by atoms with van der Waals surface area (Å²) in [4.78, 5) is 10.7. The fourth-order valence-corrected chi connectivity index (χ4v) is 1.44. The molecule has 0 amide bonds. The van der Waals surface area contributed by atoms with Crippen molar-refractivity contribution in [1.29, 1.82) is 0 Å². The standard InChI is InChI=1S/C11H20N4/c1-9-11(14-6-5-12-9)10(2)13-7-8-15(3)4/h5-6,10,13H,7-8H2,1-4H3. The van der Waals surface area contributed by atoms with Gasteiger partial charge in [-0.3, -0.25) is 9.97 Å². The summed E-state index contributed by atoms with van der Waals surface area (Å²) >= 11 is 0. The Labute approximate surface area is 91.7 Å². The molecule has 0 spiro atoms. The van der Waals surface area contributed by atoms with Crippen LogP contribution in [0.3, 0.4) is 0 Å². The van der Waals surface area contributed by atoms with Gasteiger partial charge in [-0.15, -0.1) is 0 Å². The van der Waals surface area contributed by atoms with Crippen molar-refractivity contribution in [1.82, 2.24) is 20.2 Å². The van der Waals surface area contributed by atoms with Crippen molar-refractivity contribution in [3.05, 3.63) is 23.8 Å². The molecule has 15 heavy (non-hydrogen) atoms. The largest absolute Gasteiger partial charge is 0.308 e. The van der Waals surface area contributed by atoms with Gasteiger partial charge in [0.25, 0.3) is 0 Å². The summed E-state index contributed by atoms with van der Waals surface area (Å²) in [6.07, 6.45) is 3.47. The highest BCUT2D eigenvalue weighted by atomic mass is 15.1. The summed E-state index contributed by atoms with van der Waals surface area (Å²) in [5.41, 5.74) is 2.04. The lowest BCUT2D eigenvalue weighted by Crippen LogP contribution is -2.29. The van der Waals surface area contributed by atoms with Crippen molar-refractivity contribution in [2.45, 2.75) is 19.9 Å². The highest BCUT2D eigenvalue weighted by Crippen LogP contribution is 2.10. The van der Waals surface area contributed by atoms with Crippen molar-refractivity contribution in [2.24, 2.45) is 0 Å². The van der Waals surface area contributed by atoms with E-state index >= 15 is 0 Å². The van der Waals surface area contributed by atoms with Gasteiger partial charge in [-0.1, -0.05) is 0 Å².